The first-order valence-electron chi connectivity index (χ1n) is 22.7. The van der Waals surface area contributed by atoms with Gasteiger partial charge >= 0.3 is 29.8 Å². The SMILES string of the molecule is CCOC(=O)COc1c2cccc1Cc1cccc(c1OCC(=O)OCC)Cc1cccc(c1OCC(=O)ON1CCN=C1C(=O)NNc1ccccc1)Cc1cccc(c1OCC(=O)OCC)C2. The molecule has 0 fully saturated rings. The standard InChI is InChI=1S/C52H54N4O13/c1-4-62-43(57)30-65-47-34-14-10-15-35(47)27-37-17-12-19-39(49(37)67-32-45(59)64-6-3)29-41-21-13-20-40(28-38-18-11-16-36(26-34)48(38)66-31-44(58)63-5-2)50(41)68-33-46(60)69-56-25-24-53-51(56)52(61)55-54-42-22-8-7-9-23-42/h7-23,54H,4-6,24-33H2,1-3H3,(H,55,61). The number of para-hydroxylation sites is 5. The van der Waals surface area contributed by atoms with Gasteiger partial charge in [0.15, 0.2) is 26.4 Å². The van der Waals surface area contributed by atoms with Crippen LogP contribution < -0.4 is 29.8 Å². The van der Waals surface area contributed by atoms with Crippen LogP contribution in [0, 0.1) is 0 Å². The molecule has 17 nitrogen and oxygen atoms in total. The smallest absolute Gasteiger partial charge is 0.369 e. The van der Waals surface area contributed by atoms with Gasteiger partial charge in [0.05, 0.1) is 38.6 Å². The minimum atomic E-state index is -0.792. The van der Waals surface area contributed by atoms with Crippen molar-refractivity contribution in [3.63, 3.8) is 0 Å². The Labute approximate surface area is 399 Å². The van der Waals surface area contributed by atoms with E-state index in [1.54, 1.807) is 32.9 Å². The Morgan fingerprint density at radius 3 is 1.17 bits per heavy atom. The Bertz CT molecular complexity index is 2560. The molecule has 8 bridgehead atoms. The number of amides is 1. The van der Waals surface area contributed by atoms with Crippen molar-refractivity contribution in [3.05, 3.63) is 148 Å². The number of carbonyl (C=O) groups is 5. The molecule has 1 heterocycles. The first-order chi connectivity index (χ1) is 33.6. The molecule has 69 heavy (non-hydrogen) atoms. The van der Waals surface area contributed by atoms with E-state index < -0.39 is 36.4 Å². The highest BCUT2D eigenvalue weighted by atomic mass is 16.7. The van der Waals surface area contributed by atoms with E-state index in [1.807, 2.05) is 91.0 Å². The number of ether oxygens (including phenoxy) is 7. The highest BCUT2D eigenvalue weighted by Crippen LogP contribution is 2.39. The molecule has 0 radical (unpaired) electrons. The van der Waals surface area contributed by atoms with Crippen molar-refractivity contribution >= 4 is 41.3 Å². The summed E-state index contributed by atoms with van der Waals surface area (Å²) in [7, 11) is 0. The highest BCUT2D eigenvalue weighted by molar-refractivity contribution is 6.38. The minimum absolute atomic E-state index is 0.0877. The van der Waals surface area contributed by atoms with Gasteiger partial charge in [-0.3, -0.25) is 20.6 Å². The molecule has 5 aromatic rings. The van der Waals surface area contributed by atoms with Gasteiger partial charge in [0.1, 0.15) is 23.0 Å². The number of hydroxylamine groups is 2. The largest absolute Gasteiger partial charge is 0.481 e. The van der Waals surface area contributed by atoms with Gasteiger partial charge < -0.3 is 38.0 Å². The lowest BCUT2D eigenvalue weighted by atomic mass is 9.91. The van der Waals surface area contributed by atoms with Gasteiger partial charge in [0.2, 0.25) is 5.84 Å². The van der Waals surface area contributed by atoms with Crippen LogP contribution in [0.3, 0.4) is 0 Å². The molecule has 0 atom stereocenters. The van der Waals surface area contributed by atoms with Crippen LogP contribution in [0.1, 0.15) is 65.3 Å². The maximum absolute atomic E-state index is 13.6. The van der Waals surface area contributed by atoms with Crippen molar-refractivity contribution in [2.45, 2.75) is 46.5 Å². The van der Waals surface area contributed by atoms with Gasteiger partial charge in [-0.15, -0.1) is 0 Å². The number of benzene rings is 5. The Kier molecular flexibility index (Phi) is 17.1. The zero-order valence-corrected chi connectivity index (χ0v) is 38.7. The molecule has 0 spiro atoms. The fraction of sp³-hybridized carbons (Fsp3) is 0.308. The predicted molar refractivity (Wildman–Crippen MR) is 252 cm³/mol. The number of esters is 3. The zero-order chi connectivity index (χ0) is 48.5. The first-order valence-corrected chi connectivity index (χ1v) is 22.7. The van der Waals surface area contributed by atoms with Crippen LogP contribution in [0.4, 0.5) is 5.69 Å². The van der Waals surface area contributed by atoms with Crippen LogP contribution in [-0.2, 0) is 68.7 Å². The molecule has 0 saturated heterocycles. The maximum Gasteiger partial charge on any atom is 0.369 e. The summed E-state index contributed by atoms with van der Waals surface area (Å²) in [6.45, 7) is 4.39. The van der Waals surface area contributed by atoms with E-state index >= 15 is 0 Å². The fourth-order valence-corrected chi connectivity index (χ4v) is 7.92. The average Bonchev–Trinajstić information content (AvgIpc) is 3.80. The monoisotopic (exact) mass is 942 g/mol. The summed E-state index contributed by atoms with van der Waals surface area (Å²) in [5.74, 6) is -1.45. The molecule has 0 unspecified atom stereocenters. The third kappa shape index (κ3) is 13.1. The molecule has 17 heteroatoms. The van der Waals surface area contributed by atoms with E-state index in [4.69, 9.17) is 38.0 Å². The second-order valence-corrected chi connectivity index (χ2v) is 15.6. The average molecular weight is 943 g/mol. The van der Waals surface area contributed by atoms with Gasteiger partial charge in [-0.25, -0.2) is 19.2 Å². The van der Waals surface area contributed by atoms with Gasteiger partial charge in [-0.05, 0) is 77.4 Å². The number of amidine groups is 1. The Morgan fingerprint density at radius 1 is 0.478 bits per heavy atom. The molecule has 360 valence electrons. The van der Waals surface area contributed by atoms with Crippen molar-refractivity contribution in [1.29, 1.82) is 0 Å². The Hall–Kier alpha value is -8.08. The number of fused-ring (bicyclic) bond motifs is 8. The lowest BCUT2D eigenvalue weighted by Crippen LogP contribution is -2.44. The third-order valence-electron chi connectivity index (χ3n) is 10.8. The molecule has 5 aromatic carbocycles. The summed E-state index contributed by atoms with van der Waals surface area (Å²) < 4.78 is 41.1. The Morgan fingerprint density at radius 2 is 0.826 bits per heavy atom. The van der Waals surface area contributed by atoms with Crippen molar-refractivity contribution < 1.29 is 62.0 Å². The van der Waals surface area contributed by atoms with Crippen LogP contribution in [0.25, 0.3) is 0 Å². The summed E-state index contributed by atoms with van der Waals surface area (Å²) >= 11 is 0. The summed E-state index contributed by atoms with van der Waals surface area (Å²) in [5, 5.41) is 1.13. The topological polar surface area (TPSA) is 199 Å². The molecular formula is C52H54N4O13. The van der Waals surface area contributed by atoms with Crippen LogP contribution in [0.15, 0.2) is 108 Å². The van der Waals surface area contributed by atoms with E-state index in [-0.39, 0.29) is 84.2 Å². The lowest BCUT2D eigenvalue weighted by Gasteiger charge is -2.23. The molecule has 0 saturated carbocycles. The predicted octanol–water partition coefficient (Wildman–Crippen LogP) is 5.88. The fourth-order valence-electron chi connectivity index (χ4n) is 7.92. The molecule has 1 aliphatic heterocycles. The number of hydrogen-bond donors (Lipinski definition) is 2. The van der Waals surface area contributed by atoms with Gasteiger partial charge in [-0.2, -0.15) is 5.06 Å². The molecule has 2 aliphatic rings. The molecule has 1 aliphatic carbocycles. The molecular weight excluding hydrogens is 889 g/mol. The van der Waals surface area contributed by atoms with E-state index in [0.717, 1.165) is 5.06 Å². The van der Waals surface area contributed by atoms with Crippen LogP contribution in [0.2, 0.25) is 0 Å². The first kappa shape index (κ1) is 48.8. The zero-order valence-electron chi connectivity index (χ0n) is 38.7. The summed E-state index contributed by atoms with van der Waals surface area (Å²) in [4.78, 5) is 74.9. The van der Waals surface area contributed by atoms with Gasteiger partial charge in [0.25, 0.3) is 0 Å². The number of nitrogens with zero attached hydrogens (tertiary/aromatic N) is 2. The van der Waals surface area contributed by atoms with Gasteiger partial charge in [-0.1, -0.05) is 91.0 Å². The number of hydrogen-bond acceptors (Lipinski definition) is 16. The van der Waals surface area contributed by atoms with E-state index in [9.17, 15) is 24.0 Å². The molecule has 2 N–H and O–H groups in total. The highest BCUT2D eigenvalue weighted by Gasteiger charge is 2.29. The quantitative estimate of drug-likeness (QED) is 0.0554. The molecule has 0 aromatic heterocycles. The lowest BCUT2D eigenvalue weighted by molar-refractivity contribution is -0.174. The van der Waals surface area contributed by atoms with E-state index in [1.165, 1.54) is 0 Å². The number of hydrazine groups is 1. The van der Waals surface area contributed by atoms with Crippen molar-refractivity contribution in [3.8, 4) is 23.0 Å². The minimum Gasteiger partial charge on any atom is -0.481 e. The normalized spacial score (nSPS) is 12.7. The number of anilines is 1. The summed E-state index contributed by atoms with van der Waals surface area (Å²) in [6.07, 6.45) is 0.920. The number of rotatable bonds is 19. The molecule has 1 amide bonds. The number of nitrogens with one attached hydrogen (secondary N) is 2. The second kappa shape index (κ2) is 24.1. The van der Waals surface area contributed by atoms with Crippen molar-refractivity contribution in [1.82, 2.24) is 10.5 Å². The van der Waals surface area contributed by atoms with E-state index in [0.29, 0.717) is 73.2 Å². The van der Waals surface area contributed by atoms with Crippen LogP contribution in [0.5, 0.6) is 23.0 Å². The Balaban J connectivity index is 1.27. The third-order valence-corrected chi connectivity index (χ3v) is 10.8. The number of aliphatic imine (C=N–C) groups is 1. The maximum atomic E-state index is 13.6. The van der Waals surface area contributed by atoms with Crippen molar-refractivity contribution in [2.75, 3.05) is 64.8 Å². The second-order valence-electron chi connectivity index (χ2n) is 15.6. The molecule has 7 rings (SSSR count). The summed E-state index contributed by atoms with van der Waals surface area (Å²) in [5.41, 5.74) is 11.6. The van der Waals surface area contributed by atoms with Crippen molar-refractivity contribution in [2.24, 2.45) is 4.99 Å². The van der Waals surface area contributed by atoms with Crippen LogP contribution >= 0.6 is 0 Å². The summed E-state index contributed by atoms with van der Waals surface area (Å²) in [6, 6.07) is 31.6. The number of carbonyl (C=O) groups excluding carboxylic acids is 5. The van der Waals surface area contributed by atoms with Gasteiger partial charge in [0, 0.05) is 25.7 Å². The van der Waals surface area contributed by atoms with E-state index in [2.05, 4.69) is 15.8 Å². The van der Waals surface area contributed by atoms with Crippen LogP contribution in [-0.4, -0.2) is 100 Å².